The van der Waals surface area contributed by atoms with Crippen molar-refractivity contribution in [1.82, 2.24) is 20.1 Å². The highest BCUT2D eigenvalue weighted by Gasteiger charge is 2.21. The van der Waals surface area contributed by atoms with Crippen LogP contribution >= 0.6 is 11.8 Å². The second kappa shape index (κ2) is 11.4. The van der Waals surface area contributed by atoms with Gasteiger partial charge in [-0.15, -0.1) is 10.2 Å². The van der Waals surface area contributed by atoms with Crippen molar-refractivity contribution < 1.29 is 9.53 Å². The summed E-state index contributed by atoms with van der Waals surface area (Å²) < 4.78 is 7.56. The minimum atomic E-state index is 0.158. The van der Waals surface area contributed by atoms with E-state index in [1.54, 1.807) is 18.9 Å². The highest BCUT2D eigenvalue weighted by atomic mass is 32.2. The number of methoxy groups -OCH3 is 1. The fourth-order valence-electron chi connectivity index (χ4n) is 3.75. The minimum absolute atomic E-state index is 0.158. The van der Waals surface area contributed by atoms with Crippen molar-refractivity contribution in [1.29, 1.82) is 0 Å². The number of nitrogens with one attached hydrogen (secondary N) is 1. The van der Waals surface area contributed by atoms with Crippen LogP contribution in [0.25, 0.3) is 5.69 Å². The van der Waals surface area contributed by atoms with Crippen LogP contribution in [0.2, 0.25) is 0 Å². The zero-order valence-corrected chi connectivity index (χ0v) is 20.2. The highest BCUT2D eigenvalue weighted by Crippen LogP contribution is 2.28. The van der Waals surface area contributed by atoms with E-state index in [9.17, 15) is 4.79 Å². The summed E-state index contributed by atoms with van der Waals surface area (Å²) in [6.07, 6.45) is 5.57. The number of rotatable bonds is 12. The van der Waals surface area contributed by atoms with Crippen LogP contribution in [0, 0.1) is 12.8 Å². The lowest BCUT2D eigenvalue weighted by atomic mass is 10.1. The van der Waals surface area contributed by atoms with Crippen LogP contribution in [0.1, 0.15) is 49.1 Å². The molecule has 1 amide bonds. The number of aryl methyl sites for hydroxylation is 2. The van der Waals surface area contributed by atoms with Crippen molar-refractivity contribution in [2.24, 2.45) is 5.92 Å². The molecule has 1 aliphatic carbocycles. The third-order valence-corrected chi connectivity index (χ3v) is 6.80. The Morgan fingerprint density at radius 3 is 2.79 bits per heavy atom. The molecule has 0 bridgehead atoms. The second-order valence-corrected chi connectivity index (χ2v) is 9.61. The lowest BCUT2D eigenvalue weighted by Crippen LogP contribution is -2.25. The molecule has 1 aromatic heterocycles. The zero-order valence-electron chi connectivity index (χ0n) is 19.4. The van der Waals surface area contributed by atoms with E-state index in [1.165, 1.54) is 24.0 Å². The molecule has 1 aliphatic rings. The number of hydrogen-bond acceptors (Lipinski definition) is 5. The Morgan fingerprint density at radius 2 is 2.00 bits per heavy atom. The first-order valence-corrected chi connectivity index (χ1v) is 12.6. The number of nitrogens with zero attached hydrogens (tertiary/aromatic N) is 3. The SMILES string of the molecule is COc1cccc(-n2c(CCCCC(=O)NCC3CC3)nnc2SCc2cccc(C)c2)c1. The predicted molar refractivity (Wildman–Crippen MR) is 132 cm³/mol. The van der Waals surface area contributed by atoms with E-state index in [4.69, 9.17) is 4.74 Å². The first-order valence-electron chi connectivity index (χ1n) is 11.7. The molecule has 0 radical (unpaired) electrons. The van der Waals surface area contributed by atoms with Crippen molar-refractivity contribution in [2.45, 2.75) is 56.4 Å². The molecule has 4 rings (SSSR count). The molecule has 174 valence electrons. The first kappa shape index (κ1) is 23.4. The third-order valence-electron chi connectivity index (χ3n) is 5.80. The number of carbonyl (C=O) groups excluding carboxylic acids is 1. The van der Waals surface area contributed by atoms with Gasteiger partial charge in [0, 0.05) is 31.2 Å². The topological polar surface area (TPSA) is 69.0 Å². The van der Waals surface area contributed by atoms with Crippen molar-refractivity contribution in [3.8, 4) is 11.4 Å². The lowest BCUT2D eigenvalue weighted by Gasteiger charge is -2.12. The summed E-state index contributed by atoms with van der Waals surface area (Å²) in [5.41, 5.74) is 3.51. The second-order valence-electron chi connectivity index (χ2n) is 8.67. The average Bonchev–Trinajstić information content (AvgIpc) is 3.58. The Kier molecular flexibility index (Phi) is 8.05. The van der Waals surface area contributed by atoms with E-state index >= 15 is 0 Å². The summed E-state index contributed by atoms with van der Waals surface area (Å²) in [7, 11) is 1.67. The smallest absolute Gasteiger partial charge is 0.220 e. The van der Waals surface area contributed by atoms with Gasteiger partial charge in [0.25, 0.3) is 0 Å². The molecule has 33 heavy (non-hydrogen) atoms. The van der Waals surface area contributed by atoms with Crippen LogP contribution in [0.4, 0.5) is 0 Å². The van der Waals surface area contributed by atoms with Gasteiger partial charge in [0.05, 0.1) is 12.8 Å². The van der Waals surface area contributed by atoms with Gasteiger partial charge in [-0.25, -0.2) is 0 Å². The maximum absolute atomic E-state index is 12.0. The molecule has 6 nitrogen and oxygen atoms in total. The minimum Gasteiger partial charge on any atom is -0.497 e. The van der Waals surface area contributed by atoms with Crippen LogP contribution < -0.4 is 10.1 Å². The van der Waals surface area contributed by atoms with Crippen LogP contribution in [0.5, 0.6) is 5.75 Å². The van der Waals surface area contributed by atoms with Crippen LogP contribution in [-0.2, 0) is 17.0 Å². The van der Waals surface area contributed by atoms with Crippen molar-refractivity contribution in [3.05, 3.63) is 65.5 Å². The number of ether oxygens (including phenoxy) is 1. The van der Waals surface area contributed by atoms with E-state index < -0.39 is 0 Å². The molecule has 0 saturated heterocycles. The Morgan fingerprint density at radius 1 is 1.15 bits per heavy atom. The molecule has 1 heterocycles. The van der Waals surface area contributed by atoms with Crippen molar-refractivity contribution in [3.63, 3.8) is 0 Å². The summed E-state index contributed by atoms with van der Waals surface area (Å²) in [5.74, 6) is 3.41. The molecule has 1 fully saturated rings. The van der Waals surface area contributed by atoms with Crippen LogP contribution in [0.3, 0.4) is 0 Å². The van der Waals surface area contributed by atoms with Gasteiger partial charge in [0.2, 0.25) is 5.91 Å². The number of hydrogen-bond donors (Lipinski definition) is 1. The van der Waals surface area contributed by atoms with E-state index in [-0.39, 0.29) is 5.91 Å². The van der Waals surface area contributed by atoms with Crippen LogP contribution in [-0.4, -0.2) is 34.3 Å². The summed E-state index contributed by atoms with van der Waals surface area (Å²) >= 11 is 1.68. The predicted octanol–water partition coefficient (Wildman–Crippen LogP) is 5.12. The largest absolute Gasteiger partial charge is 0.497 e. The number of unbranched alkanes of at least 4 members (excludes halogenated alkanes) is 1. The molecule has 0 unspecified atom stereocenters. The number of benzene rings is 2. The standard InChI is InChI=1S/C26H32N4O2S/c1-19-7-5-8-21(15-19)18-33-26-29-28-24(30(26)22-9-6-10-23(16-22)32-2)11-3-4-12-25(31)27-17-20-13-14-20/h5-10,15-16,20H,3-4,11-14,17-18H2,1-2H3,(H,27,31). The van der Waals surface area contributed by atoms with Gasteiger partial charge in [-0.2, -0.15) is 0 Å². The number of thioether (sulfide) groups is 1. The highest BCUT2D eigenvalue weighted by molar-refractivity contribution is 7.98. The normalized spacial score (nSPS) is 13.2. The van der Waals surface area contributed by atoms with Gasteiger partial charge in [0.15, 0.2) is 5.16 Å². The fraction of sp³-hybridized carbons (Fsp3) is 0.423. The van der Waals surface area contributed by atoms with Crippen molar-refractivity contribution in [2.75, 3.05) is 13.7 Å². The van der Waals surface area contributed by atoms with Gasteiger partial charge in [0.1, 0.15) is 11.6 Å². The van der Waals surface area contributed by atoms with E-state index in [0.717, 1.165) is 54.0 Å². The van der Waals surface area contributed by atoms with E-state index in [0.29, 0.717) is 12.3 Å². The molecule has 0 atom stereocenters. The molecule has 0 aliphatic heterocycles. The van der Waals surface area contributed by atoms with Gasteiger partial charge >= 0.3 is 0 Å². The van der Waals surface area contributed by atoms with E-state index in [2.05, 4.69) is 57.3 Å². The maximum Gasteiger partial charge on any atom is 0.220 e. The number of carbonyl (C=O) groups is 1. The number of amides is 1. The maximum atomic E-state index is 12.0. The summed E-state index contributed by atoms with van der Waals surface area (Å²) in [4.78, 5) is 12.0. The fourth-order valence-corrected chi connectivity index (χ4v) is 4.67. The molecule has 1 N–H and O–H groups in total. The van der Waals surface area contributed by atoms with Gasteiger partial charge < -0.3 is 10.1 Å². The molecule has 0 spiro atoms. The molecule has 2 aromatic carbocycles. The Balaban J connectivity index is 1.43. The van der Waals surface area contributed by atoms with Gasteiger partial charge in [-0.05, 0) is 56.2 Å². The summed E-state index contributed by atoms with van der Waals surface area (Å²) in [6, 6.07) is 16.5. The molecule has 7 heteroatoms. The summed E-state index contributed by atoms with van der Waals surface area (Å²) in [5, 5.41) is 12.9. The Labute approximate surface area is 200 Å². The molecular weight excluding hydrogens is 432 g/mol. The quantitative estimate of drug-likeness (QED) is 0.298. The Bertz CT molecular complexity index is 1080. The van der Waals surface area contributed by atoms with Gasteiger partial charge in [-0.3, -0.25) is 9.36 Å². The molecular formula is C26H32N4O2S. The average molecular weight is 465 g/mol. The first-order chi connectivity index (χ1) is 16.1. The third kappa shape index (κ3) is 6.84. The monoisotopic (exact) mass is 464 g/mol. The Hall–Kier alpha value is -2.80. The molecule has 1 saturated carbocycles. The summed E-state index contributed by atoms with van der Waals surface area (Å²) in [6.45, 7) is 2.95. The van der Waals surface area contributed by atoms with Gasteiger partial charge in [-0.1, -0.05) is 47.7 Å². The number of aromatic nitrogens is 3. The van der Waals surface area contributed by atoms with E-state index in [1.807, 2.05) is 18.2 Å². The van der Waals surface area contributed by atoms with Crippen LogP contribution in [0.15, 0.2) is 53.7 Å². The molecule has 3 aromatic rings. The zero-order chi connectivity index (χ0) is 23.0. The van der Waals surface area contributed by atoms with Crippen molar-refractivity contribution >= 4 is 17.7 Å². The lowest BCUT2D eigenvalue weighted by molar-refractivity contribution is -0.121.